The average Bonchev–Trinajstić information content (AvgIpc) is 2.97. The van der Waals surface area contributed by atoms with E-state index in [-0.39, 0.29) is 5.76 Å². The van der Waals surface area contributed by atoms with Gasteiger partial charge in [-0.25, -0.2) is 4.79 Å². The first-order valence-electron chi connectivity index (χ1n) is 7.77. The lowest BCUT2D eigenvalue weighted by atomic mass is 9.96. The van der Waals surface area contributed by atoms with E-state index < -0.39 is 0 Å². The van der Waals surface area contributed by atoms with Crippen molar-refractivity contribution in [3.63, 3.8) is 0 Å². The normalized spacial score (nSPS) is 21.6. The number of nitrogens with zero attached hydrogens (tertiary/aromatic N) is 1. The Morgan fingerprint density at radius 3 is 2.81 bits per heavy atom. The average molecular weight is 288 g/mol. The zero-order valence-corrected chi connectivity index (χ0v) is 13.3. The van der Waals surface area contributed by atoms with E-state index in [0.717, 1.165) is 18.5 Å². The summed E-state index contributed by atoms with van der Waals surface area (Å²) in [6.07, 6.45) is 2.36. The van der Waals surface area contributed by atoms with Crippen molar-refractivity contribution in [1.82, 2.24) is 9.88 Å². The minimum Gasteiger partial charge on any atom is -0.408 e. The van der Waals surface area contributed by atoms with Crippen LogP contribution < -0.4 is 11.1 Å². The zero-order valence-electron chi connectivity index (χ0n) is 13.3. The van der Waals surface area contributed by atoms with Gasteiger partial charge >= 0.3 is 5.76 Å². The summed E-state index contributed by atoms with van der Waals surface area (Å²) in [7, 11) is 1.74. The number of rotatable bonds is 5. The van der Waals surface area contributed by atoms with Crippen LogP contribution in [0.25, 0.3) is 11.1 Å². The summed E-state index contributed by atoms with van der Waals surface area (Å²) in [5, 5.41) is 3.66. The molecule has 2 atom stereocenters. The molecule has 1 aliphatic rings. The van der Waals surface area contributed by atoms with Crippen LogP contribution in [0.15, 0.2) is 27.4 Å². The van der Waals surface area contributed by atoms with Gasteiger partial charge in [-0.3, -0.25) is 4.57 Å². The van der Waals surface area contributed by atoms with Gasteiger partial charge in [0.05, 0.1) is 5.52 Å². The Morgan fingerprint density at radius 2 is 2.19 bits per heavy atom. The van der Waals surface area contributed by atoms with Crippen molar-refractivity contribution in [1.29, 1.82) is 0 Å². The van der Waals surface area contributed by atoms with Gasteiger partial charge in [0, 0.05) is 13.1 Å². The Labute approximate surface area is 125 Å². The summed E-state index contributed by atoms with van der Waals surface area (Å²) < 4.78 is 6.88. The number of oxazole rings is 1. The van der Waals surface area contributed by atoms with Crippen molar-refractivity contribution in [2.75, 3.05) is 6.54 Å². The van der Waals surface area contributed by atoms with Crippen LogP contribution in [0.1, 0.15) is 45.2 Å². The van der Waals surface area contributed by atoms with Gasteiger partial charge in [0.25, 0.3) is 0 Å². The van der Waals surface area contributed by atoms with Gasteiger partial charge in [-0.15, -0.1) is 0 Å². The molecule has 1 aliphatic carbocycles. The molecule has 1 saturated carbocycles. The number of fused-ring (bicyclic) bond motifs is 1. The molecule has 1 fully saturated rings. The fourth-order valence-corrected chi connectivity index (χ4v) is 3.21. The van der Waals surface area contributed by atoms with Crippen LogP contribution >= 0.6 is 0 Å². The van der Waals surface area contributed by atoms with Gasteiger partial charge in [-0.1, -0.05) is 26.8 Å². The van der Waals surface area contributed by atoms with Crippen LogP contribution in [0.5, 0.6) is 0 Å². The Morgan fingerprint density at radius 1 is 1.48 bits per heavy atom. The van der Waals surface area contributed by atoms with Crippen LogP contribution in [0.3, 0.4) is 0 Å². The molecular weight excluding hydrogens is 264 g/mol. The molecule has 1 N–H and O–H groups in total. The molecule has 1 aromatic heterocycles. The molecule has 21 heavy (non-hydrogen) atoms. The second kappa shape index (κ2) is 5.02. The van der Waals surface area contributed by atoms with Gasteiger partial charge in [0.1, 0.15) is 0 Å². The minimum atomic E-state index is -0.299. The molecule has 0 amide bonds. The van der Waals surface area contributed by atoms with Gasteiger partial charge in [0.15, 0.2) is 5.58 Å². The quantitative estimate of drug-likeness (QED) is 0.919. The van der Waals surface area contributed by atoms with Gasteiger partial charge in [-0.2, -0.15) is 0 Å². The van der Waals surface area contributed by atoms with Crippen molar-refractivity contribution in [2.24, 2.45) is 18.4 Å². The minimum absolute atomic E-state index is 0.299. The lowest BCUT2D eigenvalue weighted by Gasteiger charge is -2.20. The number of nitrogens with one attached hydrogen (secondary N) is 1. The third-order valence-corrected chi connectivity index (χ3v) is 4.78. The molecular formula is C17H24N2O2. The molecule has 0 spiro atoms. The van der Waals surface area contributed by atoms with Gasteiger partial charge in [0.2, 0.25) is 0 Å². The molecule has 0 saturated heterocycles. The molecule has 114 valence electrons. The highest BCUT2D eigenvalue weighted by atomic mass is 16.4. The summed E-state index contributed by atoms with van der Waals surface area (Å²) in [4.78, 5) is 11.6. The summed E-state index contributed by atoms with van der Waals surface area (Å²) in [5.41, 5.74) is 3.16. The third kappa shape index (κ3) is 2.53. The maximum atomic E-state index is 11.6. The van der Waals surface area contributed by atoms with Crippen LogP contribution in [0, 0.1) is 11.3 Å². The predicted molar refractivity (Wildman–Crippen MR) is 84.4 cm³/mol. The first-order valence-corrected chi connectivity index (χ1v) is 7.77. The topological polar surface area (TPSA) is 47.2 Å². The van der Waals surface area contributed by atoms with Gasteiger partial charge in [-0.05, 0) is 48.4 Å². The highest BCUT2D eigenvalue weighted by Gasteiger charge is 2.50. The van der Waals surface area contributed by atoms with Crippen LogP contribution in [0.4, 0.5) is 0 Å². The zero-order chi connectivity index (χ0) is 15.2. The van der Waals surface area contributed by atoms with E-state index in [9.17, 15) is 4.79 Å². The Balaban J connectivity index is 1.97. The first-order chi connectivity index (χ1) is 9.94. The molecule has 1 aromatic carbocycles. The predicted octanol–water partition coefficient (Wildman–Crippen LogP) is 3.22. The summed E-state index contributed by atoms with van der Waals surface area (Å²) >= 11 is 0. The van der Waals surface area contributed by atoms with E-state index in [2.05, 4.69) is 32.2 Å². The van der Waals surface area contributed by atoms with Crippen molar-refractivity contribution < 1.29 is 4.42 Å². The molecule has 2 aromatic rings. The first kappa shape index (κ1) is 14.4. The van der Waals surface area contributed by atoms with Crippen LogP contribution in [-0.2, 0) is 7.05 Å². The highest BCUT2D eigenvalue weighted by Crippen LogP contribution is 2.57. The number of hydrogen-bond acceptors (Lipinski definition) is 3. The fraction of sp³-hybridized carbons (Fsp3) is 0.588. The van der Waals surface area contributed by atoms with Crippen LogP contribution in [0.2, 0.25) is 0 Å². The highest BCUT2D eigenvalue weighted by molar-refractivity contribution is 5.73. The third-order valence-electron chi connectivity index (χ3n) is 4.78. The number of benzene rings is 1. The fourth-order valence-electron chi connectivity index (χ4n) is 3.21. The van der Waals surface area contributed by atoms with E-state index >= 15 is 0 Å². The number of aryl methyl sites for hydroxylation is 1. The maximum Gasteiger partial charge on any atom is 0.419 e. The second-order valence-electron chi connectivity index (χ2n) is 6.89. The molecule has 0 bridgehead atoms. The Kier molecular flexibility index (Phi) is 3.44. The number of aromatic nitrogens is 1. The molecule has 2 unspecified atom stereocenters. The smallest absolute Gasteiger partial charge is 0.408 e. The SMILES string of the molecule is CCCNC(c1ccc2c(c1)oc(=O)n2C)C1CC1(C)C. The Hall–Kier alpha value is -1.55. The monoisotopic (exact) mass is 288 g/mol. The maximum absolute atomic E-state index is 11.6. The molecule has 1 heterocycles. The molecule has 3 rings (SSSR count). The molecule has 0 aliphatic heterocycles. The summed E-state index contributed by atoms with van der Waals surface area (Å²) in [5.74, 6) is 0.351. The van der Waals surface area contributed by atoms with Crippen molar-refractivity contribution >= 4 is 11.1 Å². The van der Waals surface area contributed by atoms with E-state index in [0.29, 0.717) is 23.0 Å². The van der Waals surface area contributed by atoms with E-state index in [1.165, 1.54) is 12.0 Å². The molecule has 4 heteroatoms. The standard InChI is InChI=1S/C17H24N2O2/c1-5-8-18-15(12-10-17(12,2)3)11-6-7-13-14(9-11)21-16(20)19(13)4/h6-7,9,12,15,18H,5,8,10H2,1-4H3. The largest absolute Gasteiger partial charge is 0.419 e. The van der Waals surface area contributed by atoms with Crippen LogP contribution in [-0.4, -0.2) is 11.1 Å². The Bertz CT molecular complexity index is 711. The van der Waals surface area contributed by atoms with E-state index in [4.69, 9.17) is 4.42 Å². The van der Waals surface area contributed by atoms with Crippen molar-refractivity contribution in [3.05, 3.63) is 34.3 Å². The van der Waals surface area contributed by atoms with E-state index in [1.807, 2.05) is 12.1 Å². The summed E-state index contributed by atoms with van der Waals surface area (Å²) in [6.45, 7) is 7.83. The van der Waals surface area contributed by atoms with Gasteiger partial charge < -0.3 is 9.73 Å². The lowest BCUT2D eigenvalue weighted by molar-refractivity contribution is 0.415. The summed E-state index contributed by atoms with van der Waals surface area (Å²) in [6, 6.07) is 6.48. The molecule has 4 nitrogen and oxygen atoms in total. The lowest BCUT2D eigenvalue weighted by Crippen LogP contribution is -2.25. The number of hydrogen-bond donors (Lipinski definition) is 1. The van der Waals surface area contributed by atoms with E-state index in [1.54, 1.807) is 11.6 Å². The molecule has 0 radical (unpaired) electrons. The van der Waals surface area contributed by atoms with Crippen molar-refractivity contribution in [3.8, 4) is 0 Å². The second-order valence-corrected chi connectivity index (χ2v) is 6.89. The van der Waals surface area contributed by atoms with Crippen molar-refractivity contribution in [2.45, 2.75) is 39.7 Å².